The Labute approximate surface area is 432 Å². The summed E-state index contributed by atoms with van der Waals surface area (Å²) in [6.07, 6.45) is 9.52. The number of carbonyl (C=O) groups excluding carboxylic acids is 4. The van der Waals surface area contributed by atoms with Gasteiger partial charge in [-0.1, -0.05) is 80.4 Å². The van der Waals surface area contributed by atoms with E-state index < -0.39 is 0 Å². The van der Waals surface area contributed by atoms with Gasteiger partial charge in [0.15, 0.2) is 0 Å². The number of ether oxygens (including phenoxy) is 3. The SMILES string of the molecule is CC(C)=C1CCC(OC(=O)NCCCOCCCOCCCNC(=O)c2cc(NC(=O)c3cc(CC(C)C)nc(CC(C)C)c3)cc(NC(=O)c3cc(CC(C)C)nc(CC(C)C)c3)c2)CCCC1C(C)C. The van der Waals surface area contributed by atoms with Crippen molar-refractivity contribution in [1.29, 1.82) is 0 Å². The molecule has 1 aromatic carbocycles. The van der Waals surface area contributed by atoms with Crippen LogP contribution in [0.5, 0.6) is 0 Å². The Bertz CT molecular complexity index is 2070. The van der Waals surface area contributed by atoms with Crippen LogP contribution in [0.4, 0.5) is 16.2 Å². The zero-order valence-corrected chi connectivity index (χ0v) is 46.1. The van der Waals surface area contributed by atoms with Crippen molar-refractivity contribution in [3.05, 3.63) is 93.1 Å². The number of amides is 4. The Kier molecular flexibility index (Phi) is 25.4. The van der Waals surface area contributed by atoms with Crippen LogP contribution in [0.1, 0.15) is 188 Å². The Morgan fingerprint density at radius 2 is 0.972 bits per heavy atom. The highest BCUT2D eigenvalue weighted by Gasteiger charge is 2.26. The molecule has 0 saturated heterocycles. The second kappa shape index (κ2) is 30.8. The first-order chi connectivity index (χ1) is 34.3. The first-order valence-electron chi connectivity index (χ1n) is 27.1. The predicted octanol–water partition coefficient (Wildman–Crippen LogP) is 12.4. The van der Waals surface area contributed by atoms with Crippen molar-refractivity contribution in [2.75, 3.05) is 50.2 Å². The fourth-order valence-corrected chi connectivity index (χ4v) is 9.33. The van der Waals surface area contributed by atoms with Gasteiger partial charge in [-0.05, 0) is 169 Å². The molecule has 13 nitrogen and oxygen atoms in total. The molecule has 0 bridgehead atoms. The third-order valence-electron chi connectivity index (χ3n) is 12.6. The van der Waals surface area contributed by atoms with E-state index >= 15 is 0 Å². The van der Waals surface area contributed by atoms with Crippen LogP contribution >= 0.6 is 0 Å². The zero-order chi connectivity index (χ0) is 52.7. The molecule has 2 atom stereocenters. The monoisotopic (exact) mass is 995 g/mol. The minimum Gasteiger partial charge on any atom is -0.446 e. The standard InChI is InChI=1S/C59H90N6O7/c1-38(2)27-47-33-45(34-48(62-47)28-39(3)4)57(67)64-51-31-44(32-52(37-51)65-58(68)46-35-49(29-40(5)6)63-50(36-46)30-41(7)8)56(66)60-21-14-23-70-25-16-26-71-24-15-22-61-59(69)72-53-17-13-18-54(42(9)10)55(20-19-53)43(11)12/h31-42,53-54H,13-30H2,1-12H3,(H,60,66)(H,61,69)(H,64,67)(H,65,68). The fourth-order valence-electron chi connectivity index (χ4n) is 9.33. The highest BCUT2D eigenvalue weighted by Crippen LogP contribution is 2.35. The fraction of sp³-hybridized carbons (Fsp3) is 0.627. The third-order valence-corrected chi connectivity index (χ3v) is 12.6. The van der Waals surface area contributed by atoms with Gasteiger partial charge in [0.05, 0.1) is 0 Å². The van der Waals surface area contributed by atoms with Crippen LogP contribution in [0.2, 0.25) is 0 Å². The van der Waals surface area contributed by atoms with E-state index in [-0.39, 0.29) is 35.5 Å². The quantitative estimate of drug-likeness (QED) is 0.0429. The second-order valence-electron chi connectivity index (χ2n) is 22.1. The zero-order valence-electron chi connectivity index (χ0n) is 46.1. The van der Waals surface area contributed by atoms with Gasteiger partial charge in [0.25, 0.3) is 17.7 Å². The summed E-state index contributed by atoms with van der Waals surface area (Å²) in [6, 6.07) is 12.3. The van der Waals surface area contributed by atoms with E-state index in [1.54, 1.807) is 18.2 Å². The highest BCUT2D eigenvalue weighted by molar-refractivity contribution is 6.08. The third kappa shape index (κ3) is 21.9. The van der Waals surface area contributed by atoms with E-state index in [0.29, 0.717) is 110 Å². The van der Waals surface area contributed by atoms with Crippen LogP contribution < -0.4 is 21.3 Å². The molecular weight excluding hydrogens is 905 g/mol. The van der Waals surface area contributed by atoms with Crippen molar-refractivity contribution in [2.24, 2.45) is 35.5 Å². The molecule has 2 aromatic heterocycles. The van der Waals surface area contributed by atoms with Gasteiger partial charge >= 0.3 is 6.09 Å². The van der Waals surface area contributed by atoms with Crippen molar-refractivity contribution in [1.82, 2.24) is 20.6 Å². The molecule has 0 aliphatic heterocycles. The average Bonchev–Trinajstić information content (AvgIpc) is 3.27. The Morgan fingerprint density at radius 1 is 0.542 bits per heavy atom. The van der Waals surface area contributed by atoms with E-state index in [0.717, 1.165) is 87.0 Å². The molecule has 1 aliphatic rings. The first kappa shape index (κ1) is 59.4. The lowest BCUT2D eigenvalue weighted by molar-refractivity contribution is 0.0752. The lowest BCUT2D eigenvalue weighted by Crippen LogP contribution is -2.31. The number of allylic oxidation sites excluding steroid dienone is 2. The van der Waals surface area contributed by atoms with Gasteiger partial charge in [-0.15, -0.1) is 0 Å². The molecule has 398 valence electrons. The maximum absolute atomic E-state index is 13.9. The number of rotatable bonds is 27. The molecule has 4 amide bonds. The summed E-state index contributed by atoms with van der Waals surface area (Å²) in [4.78, 5) is 63.8. The van der Waals surface area contributed by atoms with Gasteiger partial charge < -0.3 is 35.5 Å². The van der Waals surface area contributed by atoms with Crippen LogP contribution in [-0.4, -0.2) is 79.4 Å². The van der Waals surface area contributed by atoms with Crippen molar-refractivity contribution in [2.45, 2.75) is 166 Å². The van der Waals surface area contributed by atoms with Crippen LogP contribution in [0, 0.1) is 35.5 Å². The van der Waals surface area contributed by atoms with Crippen molar-refractivity contribution >= 4 is 35.2 Å². The van der Waals surface area contributed by atoms with Crippen LogP contribution in [0.25, 0.3) is 0 Å². The van der Waals surface area contributed by atoms with Crippen LogP contribution in [-0.2, 0) is 39.9 Å². The summed E-state index contributed by atoms with van der Waals surface area (Å²) in [6.45, 7) is 28.9. The number of carbonyl (C=O) groups is 4. The predicted molar refractivity (Wildman–Crippen MR) is 291 cm³/mol. The second-order valence-corrected chi connectivity index (χ2v) is 22.1. The van der Waals surface area contributed by atoms with E-state index in [2.05, 4.69) is 104 Å². The number of hydrogen-bond acceptors (Lipinski definition) is 9. The largest absolute Gasteiger partial charge is 0.446 e. The molecule has 72 heavy (non-hydrogen) atoms. The molecule has 1 fully saturated rings. The topological polar surface area (TPSA) is 170 Å². The Balaban J connectivity index is 1.27. The first-order valence-corrected chi connectivity index (χ1v) is 27.1. The summed E-state index contributed by atoms with van der Waals surface area (Å²) in [5.74, 6) is 1.68. The Hall–Kier alpha value is -5.14. The van der Waals surface area contributed by atoms with E-state index in [1.807, 2.05) is 24.3 Å². The molecule has 13 heteroatoms. The van der Waals surface area contributed by atoms with Crippen LogP contribution in [0.3, 0.4) is 0 Å². The molecule has 0 radical (unpaired) electrons. The van der Waals surface area contributed by atoms with Gasteiger partial charge in [0.2, 0.25) is 0 Å². The minimum absolute atomic E-state index is 0.0529. The molecule has 2 unspecified atom stereocenters. The molecular formula is C59H90N6O7. The van der Waals surface area contributed by atoms with E-state index in [4.69, 9.17) is 24.2 Å². The average molecular weight is 995 g/mol. The summed E-state index contributed by atoms with van der Waals surface area (Å²) >= 11 is 0. The number of nitrogens with one attached hydrogen (secondary N) is 4. The van der Waals surface area contributed by atoms with Gasteiger partial charge in [-0.2, -0.15) is 0 Å². The molecule has 3 aromatic rings. The smallest absolute Gasteiger partial charge is 0.407 e. The van der Waals surface area contributed by atoms with Crippen molar-refractivity contribution in [3.63, 3.8) is 0 Å². The van der Waals surface area contributed by atoms with Crippen molar-refractivity contribution < 1.29 is 33.4 Å². The number of benzene rings is 1. The molecule has 2 heterocycles. The van der Waals surface area contributed by atoms with Crippen LogP contribution in [0.15, 0.2) is 53.6 Å². The van der Waals surface area contributed by atoms with Gasteiger partial charge in [-0.25, -0.2) is 4.79 Å². The summed E-state index contributed by atoms with van der Waals surface area (Å²) in [7, 11) is 0. The van der Waals surface area contributed by atoms with Gasteiger partial charge in [0.1, 0.15) is 6.10 Å². The molecule has 1 aliphatic carbocycles. The number of hydrogen-bond donors (Lipinski definition) is 4. The normalized spacial score (nSPS) is 15.2. The lowest BCUT2D eigenvalue weighted by atomic mass is 9.77. The number of alkyl carbamates (subject to hydrolysis) is 1. The lowest BCUT2D eigenvalue weighted by Gasteiger charge is -2.30. The number of aromatic nitrogens is 2. The molecule has 0 spiro atoms. The highest BCUT2D eigenvalue weighted by atomic mass is 16.6. The van der Waals surface area contributed by atoms with E-state index in [9.17, 15) is 19.2 Å². The summed E-state index contributed by atoms with van der Waals surface area (Å²) < 4.78 is 17.4. The van der Waals surface area contributed by atoms with Crippen molar-refractivity contribution in [3.8, 4) is 0 Å². The summed E-state index contributed by atoms with van der Waals surface area (Å²) in [5, 5.41) is 11.9. The Morgan fingerprint density at radius 3 is 1.40 bits per heavy atom. The maximum atomic E-state index is 13.9. The number of pyridine rings is 2. The van der Waals surface area contributed by atoms with E-state index in [1.165, 1.54) is 11.1 Å². The molecule has 4 rings (SSSR count). The minimum atomic E-state index is -0.351. The summed E-state index contributed by atoms with van der Waals surface area (Å²) in [5.41, 5.74) is 8.36. The van der Waals surface area contributed by atoms with Gasteiger partial charge in [-0.3, -0.25) is 24.4 Å². The number of nitrogens with zero attached hydrogens (tertiary/aromatic N) is 2. The molecule has 1 saturated carbocycles. The maximum Gasteiger partial charge on any atom is 0.407 e. The molecule has 4 N–H and O–H groups in total. The number of anilines is 2. The van der Waals surface area contributed by atoms with Gasteiger partial charge in [0, 0.05) is 90.4 Å².